The van der Waals surface area contributed by atoms with Gasteiger partial charge < -0.3 is 15.8 Å². The Balaban J connectivity index is 1.94. The molecule has 1 heterocycles. The fraction of sp³-hybridized carbons (Fsp3) is 0.778. The molecule has 2 aliphatic rings. The van der Waals surface area contributed by atoms with E-state index in [1.807, 2.05) is 0 Å². The smallest absolute Gasteiger partial charge is 0.312 e. The van der Waals surface area contributed by atoms with Gasteiger partial charge in [-0.3, -0.25) is 9.59 Å². The summed E-state index contributed by atoms with van der Waals surface area (Å²) in [6.07, 6.45) is 2.06. The largest absolute Gasteiger partial charge is 0.449 e. The van der Waals surface area contributed by atoms with Crippen LogP contribution >= 0.6 is 0 Å². The highest BCUT2D eigenvalue weighted by molar-refractivity contribution is 5.88. The fourth-order valence-electron chi connectivity index (χ4n) is 1.63. The van der Waals surface area contributed by atoms with Gasteiger partial charge in [-0.2, -0.15) is 0 Å². The predicted molar refractivity (Wildman–Crippen MR) is 48.2 cm³/mol. The van der Waals surface area contributed by atoms with Crippen LogP contribution in [-0.4, -0.2) is 30.6 Å². The van der Waals surface area contributed by atoms with E-state index in [-0.39, 0.29) is 11.9 Å². The van der Waals surface area contributed by atoms with Gasteiger partial charge in [-0.05, 0) is 19.3 Å². The molecule has 0 radical (unpaired) electrons. The first-order valence-corrected chi connectivity index (χ1v) is 4.87. The first-order chi connectivity index (χ1) is 6.64. The summed E-state index contributed by atoms with van der Waals surface area (Å²) < 4.78 is 5.19. The van der Waals surface area contributed by atoms with E-state index >= 15 is 0 Å². The lowest BCUT2D eigenvalue weighted by atomic mass is 9.79. The summed E-state index contributed by atoms with van der Waals surface area (Å²) in [5.74, 6) is -0.890. The Bertz CT molecular complexity index is 269. The van der Waals surface area contributed by atoms with E-state index in [1.54, 1.807) is 0 Å². The van der Waals surface area contributed by atoms with Crippen molar-refractivity contribution in [3.8, 4) is 0 Å². The van der Waals surface area contributed by atoms with Crippen molar-refractivity contribution in [1.82, 2.24) is 5.32 Å². The van der Waals surface area contributed by atoms with Crippen molar-refractivity contribution in [3.05, 3.63) is 0 Å². The molecular weight excluding hydrogens is 184 g/mol. The van der Waals surface area contributed by atoms with Crippen molar-refractivity contribution in [2.75, 3.05) is 13.1 Å². The van der Waals surface area contributed by atoms with Crippen LogP contribution in [0.2, 0.25) is 0 Å². The van der Waals surface area contributed by atoms with Crippen molar-refractivity contribution in [3.63, 3.8) is 0 Å². The van der Waals surface area contributed by atoms with Crippen molar-refractivity contribution in [2.45, 2.75) is 24.9 Å². The van der Waals surface area contributed by atoms with Crippen molar-refractivity contribution in [2.24, 2.45) is 11.7 Å². The molecule has 0 atom stereocenters. The van der Waals surface area contributed by atoms with Gasteiger partial charge in [0.2, 0.25) is 0 Å². The van der Waals surface area contributed by atoms with Crippen LogP contribution in [0.1, 0.15) is 19.3 Å². The number of nitrogens with two attached hydrogens (primary N) is 1. The molecule has 0 aromatic carbocycles. The molecule has 5 nitrogen and oxygen atoms in total. The Morgan fingerprint density at radius 3 is 2.29 bits per heavy atom. The maximum atomic E-state index is 11.5. The molecule has 0 aromatic rings. The van der Waals surface area contributed by atoms with Crippen molar-refractivity contribution >= 4 is 11.9 Å². The Labute approximate surface area is 82.0 Å². The third-order valence-electron chi connectivity index (χ3n) is 3.02. The molecule has 1 aliphatic carbocycles. The third-order valence-corrected chi connectivity index (χ3v) is 3.02. The lowest BCUT2D eigenvalue weighted by Gasteiger charge is -2.39. The van der Waals surface area contributed by atoms with E-state index in [0.29, 0.717) is 25.9 Å². The second-order valence-corrected chi connectivity index (χ2v) is 3.99. The summed E-state index contributed by atoms with van der Waals surface area (Å²) in [5, 5.41) is 2.98. The fourth-order valence-corrected chi connectivity index (χ4v) is 1.63. The number of carbonyl (C=O) groups excluding carboxylic acids is 2. The van der Waals surface area contributed by atoms with Gasteiger partial charge in [0.15, 0.2) is 5.60 Å². The molecule has 14 heavy (non-hydrogen) atoms. The summed E-state index contributed by atoms with van der Waals surface area (Å²) >= 11 is 0. The Morgan fingerprint density at radius 1 is 1.36 bits per heavy atom. The SMILES string of the molecule is NC(=O)C1(OC(=O)C2CNC2)CCC1. The third kappa shape index (κ3) is 1.37. The molecule has 2 rings (SSSR count). The summed E-state index contributed by atoms with van der Waals surface area (Å²) in [6.45, 7) is 1.29. The maximum Gasteiger partial charge on any atom is 0.312 e. The van der Waals surface area contributed by atoms with E-state index in [4.69, 9.17) is 10.5 Å². The van der Waals surface area contributed by atoms with Crippen LogP contribution in [0.3, 0.4) is 0 Å². The number of hydrogen-bond acceptors (Lipinski definition) is 4. The van der Waals surface area contributed by atoms with Gasteiger partial charge in [0, 0.05) is 13.1 Å². The molecule has 3 N–H and O–H groups in total. The van der Waals surface area contributed by atoms with Gasteiger partial charge in [0.05, 0.1) is 5.92 Å². The van der Waals surface area contributed by atoms with Crippen LogP contribution < -0.4 is 11.1 Å². The first kappa shape index (κ1) is 9.45. The van der Waals surface area contributed by atoms with E-state index in [0.717, 1.165) is 6.42 Å². The van der Waals surface area contributed by atoms with E-state index in [1.165, 1.54) is 0 Å². The molecule has 1 saturated carbocycles. The highest BCUT2D eigenvalue weighted by Gasteiger charge is 2.47. The molecule has 5 heteroatoms. The van der Waals surface area contributed by atoms with Crippen LogP contribution in [0, 0.1) is 5.92 Å². The number of carbonyl (C=O) groups is 2. The average Bonchev–Trinajstić information content (AvgIpc) is 1.92. The Hall–Kier alpha value is -1.10. The summed E-state index contributed by atoms with van der Waals surface area (Å²) in [7, 11) is 0. The second-order valence-electron chi connectivity index (χ2n) is 3.99. The zero-order valence-electron chi connectivity index (χ0n) is 7.91. The van der Waals surface area contributed by atoms with Gasteiger partial charge in [-0.1, -0.05) is 0 Å². The second kappa shape index (κ2) is 3.24. The number of ether oxygens (including phenoxy) is 1. The molecule has 0 spiro atoms. The number of rotatable bonds is 3. The van der Waals surface area contributed by atoms with Gasteiger partial charge >= 0.3 is 5.97 Å². The van der Waals surface area contributed by atoms with Gasteiger partial charge in [-0.15, -0.1) is 0 Å². The highest BCUT2D eigenvalue weighted by atomic mass is 16.6. The number of nitrogens with one attached hydrogen (secondary N) is 1. The van der Waals surface area contributed by atoms with E-state index in [9.17, 15) is 9.59 Å². The van der Waals surface area contributed by atoms with Crippen molar-refractivity contribution in [1.29, 1.82) is 0 Å². The van der Waals surface area contributed by atoms with Gasteiger partial charge in [0.1, 0.15) is 0 Å². The topological polar surface area (TPSA) is 81.4 Å². The zero-order chi connectivity index (χ0) is 10.2. The molecule has 0 unspecified atom stereocenters. The van der Waals surface area contributed by atoms with Gasteiger partial charge in [0.25, 0.3) is 5.91 Å². The number of esters is 1. The first-order valence-electron chi connectivity index (χ1n) is 4.87. The Kier molecular flexibility index (Phi) is 2.19. The normalized spacial score (nSPS) is 24.6. The monoisotopic (exact) mass is 198 g/mol. The minimum atomic E-state index is -0.979. The summed E-state index contributed by atoms with van der Waals surface area (Å²) in [5.41, 5.74) is 4.23. The predicted octanol–water partition coefficient (Wildman–Crippen LogP) is -0.843. The number of hydrogen-bond donors (Lipinski definition) is 2. The lowest BCUT2D eigenvalue weighted by molar-refractivity contribution is -0.181. The minimum Gasteiger partial charge on any atom is -0.449 e. The molecule has 78 valence electrons. The number of amides is 1. The van der Waals surface area contributed by atoms with Crippen LogP contribution in [0.25, 0.3) is 0 Å². The maximum absolute atomic E-state index is 11.5. The van der Waals surface area contributed by atoms with Gasteiger partial charge in [-0.25, -0.2) is 0 Å². The molecule has 1 saturated heterocycles. The summed E-state index contributed by atoms with van der Waals surface area (Å²) in [4.78, 5) is 22.6. The molecule has 2 fully saturated rings. The molecule has 1 amide bonds. The molecular formula is C9H14N2O3. The van der Waals surface area contributed by atoms with Crippen LogP contribution in [0.4, 0.5) is 0 Å². The van der Waals surface area contributed by atoms with E-state index in [2.05, 4.69) is 5.32 Å². The van der Waals surface area contributed by atoms with Crippen LogP contribution in [0.5, 0.6) is 0 Å². The molecule has 0 bridgehead atoms. The minimum absolute atomic E-state index is 0.0909. The lowest BCUT2D eigenvalue weighted by Crippen LogP contribution is -2.56. The average molecular weight is 198 g/mol. The summed E-state index contributed by atoms with van der Waals surface area (Å²) in [6, 6.07) is 0. The highest BCUT2D eigenvalue weighted by Crippen LogP contribution is 2.36. The number of primary amides is 1. The zero-order valence-corrected chi connectivity index (χ0v) is 7.91. The molecule has 1 aliphatic heterocycles. The Morgan fingerprint density at radius 2 is 2.00 bits per heavy atom. The quantitative estimate of drug-likeness (QED) is 0.579. The van der Waals surface area contributed by atoms with Crippen molar-refractivity contribution < 1.29 is 14.3 Å². The van der Waals surface area contributed by atoms with E-state index < -0.39 is 11.5 Å². The standard InChI is InChI=1S/C9H14N2O3/c10-8(13)9(2-1-3-9)14-7(12)6-4-11-5-6/h6,11H,1-5H2,(H2,10,13). The van der Waals surface area contributed by atoms with Crippen LogP contribution in [-0.2, 0) is 14.3 Å². The molecule has 0 aromatic heterocycles. The van der Waals surface area contributed by atoms with Crippen LogP contribution in [0.15, 0.2) is 0 Å².